The fraction of sp³-hybridized carbons (Fsp3) is 1.00. The van der Waals surface area contributed by atoms with Gasteiger partial charge in [-0.15, -0.1) is 0 Å². The summed E-state index contributed by atoms with van der Waals surface area (Å²) >= 11 is 0. The van der Waals surface area contributed by atoms with E-state index in [1.807, 2.05) is 0 Å². The van der Waals surface area contributed by atoms with E-state index >= 15 is 0 Å². The predicted molar refractivity (Wildman–Crippen MR) is 75.8 cm³/mol. The average molecular weight is 254 g/mol. The second kappa shape index (κ2) is 6.36. The van der Waals surface area contributed by atoms with E-state index in [1.54, 1.807) is 0 Å². The normalized spacial score (nSPS) is 38.2. The molecule has 0 saturated carbocycles. The molecule has 0 spiro atoms. The van der Waals surface area contributed by atoms with Gasteiger partial charge in [0.15, 0.2) is 0 Å². The fourth-order valence-electron chi connectivity index (χ4n) is 3.39. The van der Waals surface area contributed by atoms with E-state index in [0.717, 1.165) is 38.3 Å². The van der Waals surface area contributed by atoms with Gasteiger partial charge in [-0.05, 0) is 38.6 Å². The highest BCUT2D eigenvalue weighted by molar-refractivity contribution is 4.91. The third kappa shape index (κ3) is 3.46. The lowest BCUT2D eigenvalue weighted by Crippen LogP contribution is -2.50. The first-order valence-corrected chi connectivity index (χ1v) is 7.68. The molecular weight excluding hydrogens is 224 g/mol. The SMILES string of the molecule is CCNCC1(CN2CC(C)CCC2C)CCOC1. The fourth-order valence-corrected chi connectivity index (χ4v) is 3.39. The summed E-state index contributed by atoms with van der Waals surface area (Å²) in [6.07, 6.45) is 3.98. The maximum absolute atomic E-state index is 5.69. The summed E-state index contributed by atoms with van der Waals surface area (Å²) in [4.78, 5) is 2.71. The van der Waals surface area contributed by atoms with Gasteiger partial charge < -0.3 is 10.1 Å². The molecule has 2 fully saturated rings. The minimum absolute atomic E-state index is 0.362. The Labute approximate surface area is 112 Å². The van der Waals surface area contributed by atoms with Gasteiger partial charge in [0.05, 0.1) is 6.61 Å². The number of rotatable bonds is 5. The van der Waals surface area contributed by atoms with Crippen molar-refractivity contribution in [1.82, 2.24) is 10.2 Å². The first-order chi connectivity index (χ1) is 8.65. The van der Waals surface area contributed by atoms with Crippen molar-refractivity contribution in [3.05, 3.63) is 0 Å². The van der Waals surface area contributed by atoms with Gasteiger partial charge in [-0.1, -0.05) is 13.8 Å². The molecule has 2 heterocycles. The molecule has 2 aliphatic rings. The molecule has 0 radical (unpaired) electrons. The summed E-state index contributed by atoms with van der Waals surface area (Å²) in [5, 5.41) is 3.54. The molecule has 0 bridgehead atoms. The van der Waals surface area contributed by atoms with Crippen LogP contribution in [0.3, 0.4) is 0 Å². The second-order valence-electron chi connectivity index (χ2n) is 6.54. The van der Waals surface area contributed by atoms with E-state index < -0.39 is 0 Å². The Hall–Kier alpha value is -0.120. The van der Waals surface area contributed by atoms with Crippen LogP contribution in [-0.4, -0.2) is 50.3 Å². The summed E-state index contributed by atoms with van der Waals surface area (Å²) in [5.74, 6) is 0.861. The van der Waals surface area contributed by atoms with E-state index in [4.69, 9.17) is 4.74 Å². The molecule has 18 heavy (non-hydrogen) atoms. The van der Waals surface area contributed by atoms with Crippen LogP contribution in [0.25, 0.3) is 0 Å². The Morgan fingerprint density at radius 1 is 1.33 bits per heavy atom. The van der Waals surface area contributed by atoms with Gasteiger partial charge in [0.1, 0.15) is 0 Å². The lowest BCUT2D eigenvalue weighted by Gasteiger charge is -2.42. The van der Waals surface area contributed by atoms with Crippen molar-refractivity contribution in [1.29, 1.82) is 0 Å². The van der Waals surface area contributed by atoms with Gasteiger partial charge in [0.2, 0.25) is 0 Å². The molecule has 3 atom stereocenters. The van der Waals surface area contributed by atoms with Crippen LogP contribution in [0.1, 0.15) is 40.0 Å². The van der Waals surface area contributed by atoms with Crippen molar-refractivity contribution in [2.45, 2.75) is 46.1 Å². The standard InChI is InChI=1S/C15H30N2O/c1-4-16-10-15(7-8-18-12-15)11-17-9-13(2)5-6-14(17)3/h13-14,16H,4-12H2,1-3H3. The molecule has 2 aliphatic heterocycles. The molecule has 2 saturated heterocycles. The Bertz CT molecular complexity index is 251. The van der Waals surface area contributed by atoms with Crippen LogP contribution in [0.15, 0.2) is 0 Å². The number of ether oxygens (including phenoxy) is 1. The van der Waals surface area contributed by atoms with Crippen molar-refractivity contribution < 1.29 is 4.74 Å². The van der Waals surface area contributed by atoms with E-state index in [-0.39, 0.29) is 0 Å². The first kappa shape index (κ1) is 14.3. The summed E-state index contributed by atoms with van der Waals surface area (Å²) in [6.45, 7) is 13.5. The summed E-state index contributed by atoms with van der Waals surface area (Å²) < 4.78 is 5.69. The molecule has 3 nitrogen and oxygen atoms in total. The van der Waals surface area contributed by atoms with Gasteiger partial charge in [-0.25, -0.2) is 0 Å². The highest BCUT2D eigenvalue weighted by Crippen LogP contribution is 2.32. The van der Waals surface area contributed by atoms with Crippen molar-refractivity contribution >= 4 is 0 Å². The maximum Gasteiger partial charge on any atom is 0.0547 e. The molecule has 0 aliphatic carbocycles. The molecule has 0 aromatic heterocycles. The number of likely N-dealkylation sites (tertiary alicyclic amines) is 1. The molecule has 3 unspecified atom stereocenters. The van der Waals surface area contributed by atoms with E-state index in [2.05, 4.69) is 31.0 Å². The van der Waals surface area contributed by atoms with Crippen molar-refractivity contribution in [3.63, 3.8) is 0 Å². The van der Waals surface area contributed by atoms with Crippen molar-refractivity contribution in [2.75, 3.05) is 39.4 Å². The number of piperidine rings is 1. The number of hydrogen-bond donors (Lipinski definition) is 1. The van der Waals surface area contributed by atoms with Crippen LogP contribution in [-0.2, 0) is 4.74 Å². The van der Waals surface area contributed by atoms with Crippen LogP contribution in [0.4, 0.5) is 0 Å². The van der Waals surface area contributed by atoms with Gasteiger partial charge in [-0.2, -0.15) is 0 Å². The lowest BCUT2D eigenvalue weighted by molar-refractivity contribution is 0.0556. The third-order valence-corrected chi connectivity index (χ3v) is 4.72. The molecule has 1 N–H and O–H groups in total. The molecule has 2 rings (SSSR count). The van der Waals surface area contributed by atoms with Gasteiger partial charge in [0.25, 0.3) is 0 Å². The van der Waals surface area contributed by atoms with Gasteiger partial charge in [0, 0.05) is 37.7 Å². The van der Waals surface area contributed by atoms with Crippen LogP contribution >= 0.6 is 0 Å². The lowest BCUT2D eigenvalue weighted by atomic mass is 9.84. The summed E-state index contributed by atoms with van der Waals surface area (Å²) in [6, 6.07) is 0.750. The molecule has 0 aromatic rings. The minimum atomic E-state index is 0.362. The molecule has 0 amide bonds. The molecule has 3 heteroatoms. The van der Waals surface area contributed by atoms with Crippen molar-refractivity contribution in [2.24, 2.45) is 11.3 Å². The molecule has 0 aromatic carbocycles. The zero-order chi connectivity index (χ0) is 13.0. The maximum atomic E-state index is 5.69. The second-order valence-corrected chi connectivity index (χ2v) is 6.54. The highest BCUT2D eigenvalue weighted by Gasteiger charge is 2.38. The van der Waals surface area contributed by atoms with E-state index in [1.165, 1.54) is 32.4 Å². The Kier molecular flexibility index (Phi) is 5.05. The Morgan fingerprint density at radius 2 is 2.17 bits per heavy atom. The third-order valence-electron chi connectivity index (χ3n) is 4.72. The topological polar surface area (TPSA) is 24.5 Å². The highest BCUT2D eigenvalue weighted by atomic mass is 16.5. The molecule has 106 valence electrons. The Balaban J connectivity index is 1.94. The summed E-state index contributed by atoms with van der Waals surface area (Å²) in [7, 11) is 0. The van der Waals surface area contributed by atoms with Crippen LogP contribution < -0.4 is 5.32 Å². The van der Waals surface area contributed by atoms with Gasteiger partial charge in [-0.3, -0.25) is 4.90 Å². The Morgan fingerprint density at radius 3 is 2.83 bits per heavy atom. The minimum Gasteiger partial charge on any atom is -0.381 e. The van der Waals surface area contributed by atoms with Crippen LogP contribution in [0.2, 0.25) is 0 Å². The number of nitrogens with one attached hydrogen (secondary N) is 1. The van der Waals surface area contributed by atoms with E-state index in [9.17, 15) is 0 Å². The average Bonchev–Trinajstić information content (AvgIpc) is 2.80. The first-order valence-electron chi connectivity index (χ1n) is 7.68. The van der Waals surface area contributed by atoms with Crippen LogP contribution in [0, 0.1) is 11.3 Å². The molecular formula is C15H30N2O. The van der Waals surface area contributed by atoms with Crippen molar-refractivity contribution in [3.8, 4) is 0 Å². The zero-order valence-electron chi connectivity index (χ0n) is 12.4. The number of nitrogens with zero attached hydrogens (tertiary/aromatic N) is 1. The quantitative estimate of drug-likeness (QED) is 0.813. The van der Waals surface area contributed by atoms with E-state index in [0.29, 0.717) is 5.41 Å². The number of hydrogen-bond acceptors (Lipinski definition) is 3. The zero-order valence-corrected chi connectivity index (χ0v) is 12.4. The summed E-state index contributed by atoms with van der Waals surface area (Å²) in [5.41, 5.74) is 0.362. The monoisotopic (exact) mass is 254 g/mol. The predicted octanol–water partition coefficient (Wildman–Crippen LogP) is 2.12. The largest absolute Gasteiger partial charge is 0.381 e. The van der Waals surface area contributed by atoms with Gasteiger partial charge >= 0.3 is 0 Å². The van der Waals surface area contributed by atoms with Crippen LogP contribution in [0.5, 0.6) is 0 Å². The smallest absolute Gasteiger partial charge is 0.0547 e.